The SMILES string of the molecule is C[C@H](CS(C)=O)C1(C(N)=O)C=CC=CC1C(N)=O. The number of carbonyl (C=O) groups is 2. The normalized spacial score (nSPS) is 29.8. The Morgan fingerprint density at radius 3 is 2.44 bits per heavy atom. The average molecular weight is 270 g/mol. The standard InChI is InChI=1S/C12H18N2O3S/c1-8(7-18(2)17)12(11(14)16)6-4-3-5-9(12)10(13)15/h3-6,8-9H,7H2,1-2H3,(H2,13,15)(H2,14,16)/t8-,9?,12?,18?/m1/s1. The highest BCUT2D eigenvalue weighted by Crippen LogP contribution is 2.40. The first kappa shape index (κ1) is 14.6. The Hall–Kier alpha value is -1.43. The van der Waals surface area contributed by atoms with Gasteiger partial charge in [-0.15, -0.1) is 0 Å². The zero-order valence-corrected chi connectivity index (χ0v) is 11.3. The third kappa shape index (κ3) is 2.53. The first-order valence-electron chi connectivity index (χ1n) is 5.57. The zero-order valence-electron chi connectivity index (χ0n) is 10.5. The summed E-state index contributed by atoms with van der Waals surface area (Å²) in [7, 11) is -1.09. The summed E-state index contributed by atoms with van der Waals surface area (Å²) in [4.78, 5) is 23.4. The number of carbonyl (C=O) groups excluding carboxylic acids is 2. The van der Waals surface area contributed by atoms with E-state index in [1.807, 2.05) is 0 Å². The lowest BCUT2D eigenvalue weighted by atomic mass is 9.65. The lowest BCUT2D eigenvalue weighted by Gasteiger charge is -2.38. The molecule has 5 nitrogen and oxygen atoms in total. The smallest absolute Gasteiger partial charge is 0.228 e. The van der Waals surface area contributed by atoms with E-state index in [0.717, 1.165) is 0 Å². The number of hydrogen-bond donors (Lipinski definition) is 2. The molecule has 0 bridgehead atoms. The van der Waals surface area contributed by atoms with Crippen LogP contribution in [0.4, 0.5) is 0 Å². The van der Waals surface area contributed by atoms with Gasteiger partial charge in [0.1, 0.15) is 0 Å². The van der Waals surface area contributed by atoms with E-state index < -0.39 is 33.9 Å². The minimum Gasteiger partial charge on any atom is -0.369 e. The zero-order chi connectivity index (χ0) is 13.9. The number of hydrogen-bond acceptors (Lipinski definition) is 3. The van der Waals surface area contributed by atoms with Gasteiger partial charge in [0.15, 0.2) is 0 Å². The van der Waals surface area contributed by atoms with Gasteiger partial charge in [0.05, 0.1) is 11.3 Å². The van der Waals surface area contributed by atoms with E-state index in [9.17, 15) is 13.8 Å². The van der Waals surface area contributed by atoms with Gasteiger partial charge in [-0.05, 0) is 5.92 Å². The molecule has 0 radical (unpaired) electrons. The van der Waals surface area contributed by atoms with Gasteiger partial charge in [-0.1, -0.05) is 31.2 Å². The van der Waals surface area contributed by atoms with Crippen molar-refractivity contribution in [3.05, 3.63) is 24.3 Å². The van der Waals surface area contributed by atoms with Crippen molar-refractivity contribution in [1.82, 2.24) is 0 Å². The summed E-state index contributed by atoms with van der Waals surface area (Å²) in [6, 6.07) is 0. The molecular weight excluding hydrogens is 252 g/mol. The largest absolute Gasteiger partial charge is 0.369 e. The van der Waals surface area contributed by atoms with Crippen LogP contribution >= 0.6 is 0 Å². The van der Waals surface area contributed by atoms with Crippen molar-refractivity contribution in [2.75, 3.05) is 12.0 Å². The summed E-state index contributed by atoms with van der Waals surface area (Å²) in [6.45, 7) is 1.76. The summed E-state index contributed by atoms with van der Waals surface area (Å²) in [6.07, 6.45) is 8.04. The highest BCUT2D eigenvalue weighted by atomic mass is 32.2. The maximum atomic E-state index is 11.8. The minimum absolute atomic E-state index is 0.283. The van der Waals surface area contributed by atoms with Crippen LogP contribution in [0.3, 0.4) is 0 Å². The molecule has 0 spiro atoms. The lowest BCUT2D eigenvalue weighted by molar-refractivity contribution is -0.136. The van der Waals surface area contributed by atoms with Crippen LogP contribution in [-0.2, 0) is 20.4 Å². The van der Waals surface area contributed by atoms with Crippen LogP contribution in [0.15, 0.2) is 24.3 Å². The van der Waals surface area contributed by atoms with E-state index in [-0.39, 0.29) is 11.7 Å². The fourth-order valence-corrected chi connectivity index (χ4v) is 3.40. The van der Waals surface area contributed by atoms with Gasteiger partial charge >= 0.3 is 0 Å². The van der Waals surface area contributed by atoms with Crippen molar-refractivity contribution in [2.24, 2.45) is 28.7 Å². The molecule has 100 valence electrons. The number of allylic oxidation sites excluding steroid dienone is 2. The molecule has 0 aliphatic heterocycles. The summed E-state index contributed by atoms with van der Waals surface area (Å²) < 4.78 is 11.3. The van der Waals surface area contributed by atoms with Crippen molar-refractivity contribution in [1.29, 1.82) is 0 Å². The van der Waals surface area contributed by atoms with E-state index in [1.54, 1.807) is 37.5 Å². The number of primary amides is 2. The first-order chi connectivity index (χ1) is 8.32. The van der Waals surface area contributed by atoms with Crippen LogP contribution in [-0.4, -0.2) is 28.0 Å². The third-order valence-electron chi connectivity index (χ3n) is 3.33. The fourth-order valence-electron chi connectivity index (χ4n) is 2.42. The molecule has 0 heterocycles. The third-order valence-corrected chi connectivity index (χ3v) is 4.30. The highest BCUT2D eigenvalue weighted by molar-refractivity contribution is 7.84. The van der Waals surface area contributed by atoms with E-state index in [1.165, 1.54) is 0 Å². The van der Waals surface area contributed by atoms with Crippen molar-refractivity contribution in [3.8, 4) is 0 Å². The fraction of sp³-hybridized carbons (Fsp3) is 0.500. The van der Waals surface area contributed by atoms with Gasteiger partial charge in [-0.25, -0.2) is 0 Å². The van der Waals surface area contributed by atoms with Gasteiger partial charge in [0.2, 0.25) is 11.8 Å². The van der Waals surface area contributed by atoms with Crippen LogP contribution in [0.2, 0.25) is 0 Å². The van der Waals surface area contributed by atoms with E-state index in [0.29, 0.717) is 0 Å². The Morgan fingerprint density at radius 1 is 1.39 bits per heavy atom. The quantitative estimate of drug-likeness (QED) is 0.716. The van der Waals surface area contributed by atoms with E-state index in [2.05, 4.69) is 0 Å². The second-order valence-corrected chi connectivity index (χ2v) is 6.04. The molecule has 4 atom stereocenters. The Morgan fingerprint density at radius 2 is 2.00 bits per heavy atom. The molecular formula is C12H18N2O3S. The molecule has 4 N–H and O–H groups in total. The van der Waals surface area contributed by atoms with Crippen molar-refractivity contribution in [2.45, 2.75) is 6.92 Å². The molecule has 1 rings (SSSR count). The maximum Gasteiger partial charge on any atom is 0.228 e. The summed E-state index contributed by atoms with van der Waals surface area (Å²) in [5.74, 6) is -2.07. The van der Waals surface area contributed by atoms with Crippen LogP contribution in [0.25, 0.3) is 0 Å². The van der Waals surface area contributed by atoms with Gasteiger partial charge in [0, 0.05) is 22.8 Å². The minimum atomic E-state index is -1.19. The van der Waals surface area contributed by atoms with Gasteiger partial charge in [-0.2, -0.15) is 0 Å². The molecule has 1 aliphatic rings. The molecule has 18 heavy (non-hydrogen) atoms. The second kappa shape index (κ2) is 5.48. The van der Waals surface area contributed by atoms with E-state index >= 15 is 0 Å². The summed E-state index contributed by atoms with van der Waals surface area (Å²) in [5.41, 5.74) is 9.63. The molecule has 0 aromatic heterocycles. The van der Waals surface area contributed by atoms with Gasteiger partial charge in [-0.3, -0.25) is 13.8 Å². The lowest BCUT2D eigenvalue weighted by Crippen LogP contribution is -2.52. The number of amides is 2. The molecule has 6 heteroatoms. The Labute approximate surface area is 109 Å². The van der Waals surface area contributed by atoms with Crippen molar-refractivity contribution in [3.63, 3.8) is 0 Å². The van der Waals surface area contributed by atoms with Crippen LogP contribution in [0.5, 0.6) is 0 Å². The molecule has 3 unspecified atom stereocenters. The predicted molar refractivity (Wildman–Crippen MR) is 70.7 cm³/mol. The molecule has 0 fully saturated rings. The highest BCUT2D eigenvalue weighted by Gasteiger charge is 2.49. The van der Waals surface area contributed by atoms with Gasteiger partial charge < -0.3 is 11.5 Å². The molecule has 0 saturated heterocycles. The molecule has 0 saturated carbocycles. The number of nitrogens with two attached hydrogens (primary N) is 2. The summed E-state index contributed by atoms with van der Waals surface area (Å²) >= 11 is 0. The Kier molecular flexibility index (Phi) is 4.45. The average Bonchev–Trinajstić information content (AvgIpc) is 2.27. The molecule has 0 aromatic rings. The van der Waals surface area contributed by atoms with Crippen LogP contribution in [0, 0.1) is 17.3 Å². The first-order valence-corrected chi connectivity index (χ1v) is 7.30. The van der Waals surface area contributed by atoms with Crippen LogP contribution in [0.1, 0.15) is 6.92 Å². The maximum absolute atomic E-state index is 11.8. The van der Waals surface area contributed by atoms with Crippen LogP contribution < -0.4 is 11.5 Å². The van der Waals surface area contributed by atoms with Crippen molar-refractivity contribution < 1.29 is 13.8 Å². The summed E-state index contributed by atoms with van der Waals surface area (Å²) in [5, 5.41) is 0. The second-order valence-electron chi connectivity index (χ2n) is 4.56. The van der Waals surface area contributed by atoms with E-state index in [4.69, 9.17) is 11.5 Å². The Balaban J connectivity index is 3.24. The monoisotopic (exact) mass is 270 g/mol. The Bertz CT molecular complexity index is 445. The molecule has 0 aromatic carbocycles. The topological polar surface area (TPSA) is 103 Å². The molecule has 2 amide bonds. The number of rotatable bonds is 5. The molecule has 1 aliphatic carbocycles. The van der Waals surface area contributed by atoms with Crippen molar-refractivity contribution >= 4 is 22.6 Å². The van der Waals surface area contributed by atoms with Gasteiger partial charge in [0.25, 0.3) is 0 Å². The predicted octanol–water partition coefficient (Wildman–Crippen LogP) is -0.300.